The van der Waals surface area contributed by atoms with Crippen molar-refractivity contribution in [2.24, 2.45) is 5.16 Å². The van der Waals surface area contributed by atoms with Crippen molar-refractivity contribution in [3.63, 3.8) is 0 Å². The van der Waals surface area contributed by atoms with Gasteiger partial charge in [0.05, 0.1) is 11.8 Å². The predicted octanol–water partition coefficient (Wildman–Crippen LogP) is 3.92. The van der Waals surface area contributed by atoms with Gasteiger partial charge in [-0.1, -0.05) is 17.3 Å². The summed E-state index contributed by atoms with van der Waals surface area (Å²) in [4.78, 5) is 13.0. The van der Waals surface area contributed by atoms with E-state index in [1.165, 1.54) is 25.7 Å². The van der Waals surface area contributed by atoms with Crippen LogP contribution in [0, 0.1) is 5.82 Å². The molecule has 0 unspecified atom stereocenters. The maximum absolute atomic E-state index is 13.5. The highest BCUT2D eigenvalue weighted by Gasteiger charge is 2.09. The van der Waals surface area contributed by atoms with Crippen molar-refractivity contribution in [2.45, 2.75) is 6.54 Å². The van der Waals surface area contributed by atoms with Gasteiger partial charge < -0.3 is 20.5 Å². The maximum Gasteiger partial charge on any atom is 0.144 e. The summed E-state index contributed by atoms with van der Waals surface area (Å²) in [5.74, 6) is 0.588. The second-order valence-electron chi connectivity index (χ2n) is 6.41. The number of hydrogen-bond donors (Lipinski definition) is 2. The Bertz CT molecular complexity index is 1190. The van der Waals surface area contributed by atoms with Crippen molar-refractivity contribution in [3.8, 4) is 0 Å². The number of oxime groups is 1. The molecule has 29 heavy (non-hydrogen) atoms. The molecule has 4 aromatic rings. The van der Waals surface area contributed by atoms with Crippen LogP contribution in [0.4, 0.5) is 21.7 Å². The fourth-order valence-electron chi connectivity index (χ4n) is 3.13. The predicted molar refractivity (Wildman–Crippen MR) is 112 cm³/mol. The lowest BCUT2D eigenvalue weighted by atomic mass is 10.2. The van der Waals surface area contributed by atoms with Crippen LogP contribution in [0.2, 0.25) is 0 Å². The van der Waals surface area contributed by atoms with Crippen LogP contribution in [0.1, 0.15) is 11.1 Å². The van der Waals surface area contributed by atoms with Gasteiger partial charge in [-0.25, -0.2) is 14.4 Å². The van der Waals surface area contributed by atoms with Crippen LogP contribution in [0.5, 0.6) is 0 Å². The standard InChI is InChI=1S/C21H19FN6O/c1-29-26-11-18-20(23)24-13-25-21(18)27-17-5-6-19-15(10-17)7-8-28(19)12-14-3-2-4-16(22)9-14/h2-11,13H,12H2,1H3,(H3,23,24,25,27)/b26-11+. The van der Waals surface area contributed by atoms with E-state index in [-0.39, 0.29) is 5.82 Å². The van der Waals surface area contributed by atoms with E-state index >= 15 is 0 Å². The summed E-state index contributed by atoms with van der Waals surface area (Å²) in [7, 11) is 1.45. The summed E-state index contributed by atoms with van der Waals surface area (Å²) in [6, 6.07) is 14.6. The number of rotatable bonds is 6. The van der Waals surface area contributed by atoms with Crippen molar-refractivity contribution in [1.82, 2.24) is 14.5 Å². The fourth-order valence-corrected chi connectivity index (χ4v) is 3.13. The number of benzene rings is 2. The smallest absolute Gasteiger partial charge is 0.144 e. The maximum atomic E-state index is 13.5. The molecule has 0 aliphatic heterocycles. The zero-order chi connectivity index (χ0) is 20.2. The lowest BCUT2D eigenvalue weighted by Gasteiger charge is -2.10. The van der Waals surface area contributed by atoms with Gasteiger partial charge in [0.1, 0.15) is 30.9 Å². The van der Waals surface area contributed by atoms with Crippen molar-refractivity contribution in [3.05, 3.63) is 78.0 Å². The van der Waals surface area contributed by atoms with Crippen LogP contribution in [-0.2, 0) is 11.4 Å². The average molecular weight is 390 g/mol. The third-order valence-electron chi connectivity index (χ3n) is 4.48. The average Bonchev–Trinajstić information content (AvgIpc) is 3.10. The molecule has 2 aromatic carbocycles. The Morgan fingerprint density at radius 2 is 2.10 bits per heavy atom. The lowest BCUT2D eigenvalue weighted by Crippen LogP contribution is -2.05. The first-order valence-electron chi connectivity index (χ1n) is 8.91. The van der Waals surface area contributed by atoms with Crippen molar-refractivity contribution in [2.75, 3.05) is 18.2 Å². The molecule has 0 aliphatic carbocycles. The molecule has 0 aliphatic rings. The Morgan fingerprint density at radius 3 is 2.93 bits per heavy atom. The van der Waals surface area contributed by atoms with Crippen LogP contribution in [0.25, 0.3) is 10.9 Å². The van der Waals surface area contributed by atoms with Crippen LogP contribution < -0.4 is 11.1 Å². The van der Waals surface area contributed by atoms with Gasteiger partial charge in [0.15, 0.2) is 0 Å². The minimum atomic E-state index is -0.234. The van der Waals surface area contributed by atoms with E-state index in [9.17, 15) is 4.39 Å². The lowest BCUT2D eigenvalue weighted by molar-refractivity contribution is 0.215. The first kappa shape index (κ1) is 18.4. The van der Waals surface area contributed by atoms with Gasteiger partial charge in [0, 0.05) is 29.3 Å². The van der Waals surface area contributed by atoms with Crippen LogP contribution in [-0.4, -0.2) is 27.9 Å². The molecule has 0 atom stereocenters. The first-order valence-corrected chi connectivity index (χ1v) is 8.91. The molecule has 0 fully saturated rings. The molecule has 0 amide bonds. The molecule has 0 bridgehead atoms. The number of nitrogen functional groups attached to an aromatic ring is 1. The zero-order valence-electron chi connectivity index (χ0n) is 15.7. The normalized spacial score (nSPS) is 11.2. The number of hydrogen-bond acceptors (Lipinski definition) is 6. The molecule has 0 saturated heterocycles. The van der Waals surface area contributed by atoms with Crippen LogP contribution in [0.15, 0.2) is 66.2 Å². The van der Waals surface area contributed by atoms with Gasteiger partial charge in [0.25, 0.3) is 0 Å². The molecular weight excluding hydrogens is 371 g/mol. The Morgan fingerprint density at radius 1 is 1.21 bits per heavy atom. The number of nitrogens with two attached hydrogens (primary N) is 1. The molecular formula is C21H19FN6O. The minimum absolute atomic E-state index is 0.234. The van der Waals surface area contributed by atoms with Gasteiger partial charge in [-0.2, -0.15) is 0 Å². The zero-order valence-corrected chi connectivity index (χ0v) is 15.7. The quantitative estimate of drug-likeness (QED) is 0.385. The van der Waals surface area contributed by atoms with Gasteiger partial charge in [0.2, 0.25) is 0 Å². The molecule has 3 N–H and O–H groups in total. The third-order valence-corrected chi connectivity index (χ3v) is 4.48. The highest BCUT2D eigenvalue weighted by molar-refractivity contribution is 5.93. The number of nitrogens with zero attached hydrogens (tertiary/aromatic N) is 4. The number of fused-ring (bicyclic) bond motifs is 1. The van der Waals surface area contributed by atoms with Crippen LogP contribution >= 0.6 is 0 Å². The van der Waals surface area contributed by atoms with E-state index in [2.05, 4.69) is 25.0 Å². The number of aromatic nitrogens is 3. The molecule has 0 radical (unpaired) electrons. The third kappa shape index (κ3) is 4.01. The van der Waals surface area contributed by atoms with E-state index in [0.29, 0.717) is 23.7 Å². The monoisotopic (exact) mass is 390 g/mol. The summed E-state index contributed by atoms with van der Waals surface area (Å²) in [6.07, 6.45) is 4.83. The largest absolute Gasteiger partial charge is 0.399 e. The molecule has 2 heterocycles. The Kier molecular flexibility index (Phi) is 5.07. The van der Waals surface area contributed by atoms with Gasteiger partial charge in [-0.15, -0.1) is 0 Å². The fraction of sp³-hybridized carbons (Fsp3) is 0.0952. The summed E-state index contributed by atoms with van der Waals surface area (Å²) in [5.41, 5.74) is 9.26. The first-order chi connectivity index (χ1) is 14.1. The van der Waals surface area contributed by atoms with Crippen molar-refractivity contribution < 1.29 is 9.23 Å². The Balaban J connectivity index is 1.61. The second-order valence-corrected chi connectivity index (χ2v) is 6.41. The van der Waals surface area contributed by atoms with Crippen molar-refractivity contribution in [1.29, 1.82) is 0 Å². The number of nitrogens with one attached hydrogen (secondary N) is 1. The highest BCUT2D eigenvalue weighted by Crippen LogP contribution is 2.25. The molecule has 8 heteroatoms. The second kappa shape index (κ2) is 7.97. The summed E-state index contributed by atoms with van der Waals surface area (Å²) in [5, 5.41) is 8.04. The minimum Gasteiger partial charge on any atom is -0.399 e. The molecule has 4 rings (SSSR count). The SMILES string of the molecule is CO/N=C/c1c(N)ncnc1Nc1ccc2c(ccn2Cc2cccc(F)c2)c1. The molecule has 2 aromatic heterocycles. The topological polar surface area (TPSA) is 90.3 Å². The summed E-state index contributed by atoms with van der Waals surface area (Å²) in [6.45, 7) is 0.591. The van der Waals surface area contributed by atoms with E-state index in [1.54, 1.807) is 12.1 Å². The van der Waals surface area contributed by atoms with Gasteiger partial charge in [-0.3, -0.25) is 0 Å². The Hall–Kier alpha value is -3.94. The summed E-state index contributed by atoms with van der Waals surface area (Å²) < 4.78 is 15.5. The molecule has 7 nitrogen and oxygen atoms in total. The molecule has 0 saturated carbocycles. The molecule has 146 valence electrons. The Labute approximate surface area is 166 Å². The van der Waals surface area contributed by atoms with Crippen molar-refractivity contribution >= 4 is 34.4 Å². The highest BCUT2D eigenvalue weighted by atomic mass is 19.1. The van der Waals surface area contributed by atoms with E-state index < -0.39 is 0 Å². The van der Waals surface area contributed by atoms with E-state index in [4.69, 9.17) is 10.6 Å². The van der Waals surface area contributed by atoms with E-state index in [0.717, 1.165) is 22.2 Å². The number of halogens is 1. The number of anilines is 3. The van der Waals surface area contributed by atoms with Crippen LogP contribution in [0.3, 0.4) is 0 Å². The van der Waals surface area contributed by atoms with Gasteiger partial charge in [-0.05, 0) is 42.0 Å². The molecule has 0 spiro atoms. The van der Waals surface area contributed by atoms with Gasteiger partial charge >= 0.3 is 0 Å². The summed E-state index contributed by atoms with van der Waals surface area (Å²) >= 11 is 0. The van der Waals surface area contributed by atoms with E-state index in [1.807, 2.05) is 36.5 Å².